The van der Waals surface area contributed by atoms with Gasteiger partial charge in [-0.15, -0.1) is 0 Å². The number of carboxylic acid groups (broad SMARTS) is 2. The largest absolute Gasteiger partial charge is 0.481 e. The van der Waals surface area contributed by atoms with Crippen LogP contribution in [0.15, 0.2) is 0 Å². The smallest absolute Gasteiger partial charge is 0.306 e. The summed E-state index contributed by atoms with van der Waals surface area (Å²) in [5, 5.41) is 19.7. The van der Waals surface area contributed by atoms with Gasteiger partial charge in [0.25, 0.3) is 0 Å². The lowest BCUT2D eigenvalue weighted by molar-refractivity contribution is -0.141. The maximum absolute atomic E-state index is 10.4. The highest BCUT2D eigenvalue weighted by atomic mass is 16.4. The molecule has 0 aliphatic rings. The number of unbranched alkanes of at least 4 members (excludes halogenated alkanes) is 3. The second-order valence-electron chi connectivity index (χ2n) is 4.09. The molecule has 102 valence electrons. The van der Waals surface area contributed by atoms with Crippen molar-refractivity contribution in [1.82, 2.24) is 5.32 Å². The van der Waals surface area contributed by atoms with E-state index in [9.17, 15) is 9.59 Å². The normalized spacial score (nSPS) is 11.2. The monoisotopic (exact) mass is 247 g/mol. The third-order valence-electron chi connectivity index (χ3n) is 2.20. The molecule has 0 aliphatic carbocycles. The lowest BCUT2D eigenvalue weighted by Crippen LogP contribution is -2.08. The van der Waals surface area contributed by atoms with Gasteiger partial charge in [-0.1, -0.05) is 26.2 Å². The number of rotatable bonds is 8. The first kappa shape index (κ1) is 18.3. The summed E-state index contributed by atoms with van der Waals surface area (Å²) in [5.41, 5.74) is 0. The highest BCUT2D eigenvalue weighted by molar-refractivity contribution is 5.69. The molecule has 0 aromatic rings. The highest BCUT2D eigenvalue weighted by Crippen LogP contribution is 2.11. The number of hydrogen-bond acceptors (Lipinski definition) is 3. The third kappa shape index (κ3) is 17.5. The lowest BCUT2D eigenvalue weighted by atomic mass is 10.0. The molecule has 0 aliphatic heterocycles. The molecule has 5 heteroatoms. The van der Waals surface area contributed by atoms with Gasteiger partial charge in [0.2, 0.25) is 0 Å². The van der Waals surface area contributed by atoms with Crippen molar-refractivity contribution in [3.63, 3.8) is 0 Å². The van der Waals surface area contributed by atoms with Crippen LogP contribution >= 0.6 is 0 Å². The molecule has 0 bridgehead atoms. The van der Waals surface area contributed by atoms with Crippen LogP contribution in [-0.4, -0.2) is 36.2 Å². The molecule has 0 fully saturated rings. The number of nitrogens with one attached hydrogen (secondary N) is 1. The molecule has 17 heavy (non-hydrogen) atoms. The minimum absolute atomic E-state index is 0.217. The van der Waals surface area contributed by atoms with Crippen LogP contribution in [0.2, 0.25) is 0 Å². The van der Waals surface area contributed by atoms with Crippen LogP contribution in [0.1, 0.15) is 45.4 Å². The van der Waals surface area contributed by atoms with E-state index < -0.39 is 11.9 Å². The minimum atomic E-state index is -0.760. The SMILES string of the molecule is CC(CCCCCCC(=O)O)C(=O)O.CNC. The number of carbonyl (C=O) groups is 2. The summed E-state index contributed by atoms with van der Waals surface area (Å²) >= 11 is 0. The summed E-state index contributed by atoms with van der Waals surface area (Å²) in [4.78, 5) is 20.6. The first-order valence-electron chi connectivity index (χ1n) is 5.98. The van der Waals surface area contributed by atoms with Crippen molar-refractivity contribution >= 4 is 11.9 Å². The lowest BCUT2D eigenvalue weighted by Gasteiger charge is -2.04. The Kier molecular flexibility index (Phi) is 13.9. The molecule has 1 unspecified atom stereocenters. The van der Waals surface area contributed by atoms with Crippen molar-refractivity contribution < 1.29 is 19.8 Å². The molecule has 0 heterocycles. The van der Waals surface area contributed by atoms with Gasteiger partial charge in [0, 0.05) is 6.42 Å². The Bertz CT molecular complexity index is 207. The zero-order valence-electron chi connectivity index (χ0n) is 11.0. The van der Waals surface area contributed by atoms with E-state index in [0.29, 0.717) is 12.8 Å². The van der Waals surface area contributed by atoms with Crippen LogP contribution < -0.4 is 5.32 Å². The first-order valence-corrected chi connectivity index (χ1v) is 5.98. The predicted octanol–water partition coefficient (Wildman–Crippen LogP) is 1.97. The Labute approximate surface area is 103 Å². The van der Waals surface area contributed by atoms with Crippen LogP contribution in [0.3, 0.4) is 0 Å². The minimum Gasteiger partial charge on any atom is -0.481 e. The number of aliphatic carboxylic acids is 2. The van der Waals surface area contributed by atoms with E-state index in [4.69, 9.17) is 10.2 Å². The topological polar surface area (TPSA) is 86.6 Å². The molecule has 1 atom stereocenters. The van der Waals surface area contributed by atoms with E-state index in [0.717, 1.165) is 19.3 Å². The molecule has 0 rings (SSSR count). The van der Waals surface area contributed by atoms with Gasteiger partial charge in [0.05, 0.1) is 5.92 Å². The molecule has 3 N–H and O–H groups in total. The van der Waals surface area contributed by atoms with Crippen molar-refractivity contribution in [2.75, 3.05) is 14.1 Å². The Hall–Kier alpha value is -1.10. The molecule has 0 spiro atoms. The van der Waals surface area contributed by atoms with Crippen molar-refractivity contribution in [1.29, 1.82) is 0 Å². The van der Waals surface area contributed by atoms with E-state index in [1.54, 1.807) is 6.92 Å². The molecule has 0 saturated carbocycles. The predicted molar refractivity (Wildman–Crippen MR) is 67.1 cm³/mol. The average molecular weight is 247 g/mol. The van der Waals surface area contributed by atoms with Gasteiger partial charge in [-0.2, -0.15) is 0 Å². The first-order chi connectivity index (χ1) is 7.95. The Morgan fingerprint density at radius 1 is 1.06 bits per heavy atom. The Morgan fingerprint density at radius 2 is 1.53 bits per heavy atom. The van der Waals surface area contributed by atoms with Gasteiger partial charge < -0.3 is 15.5 Å². The van der Waals surface area contributed by atoms with E-state index >= 15 is 0 Å². The Balaban J connectivity index is 0. The summed E-state index contributed by atoms with van der Waals surface area (Å²) in [6, 6.07) is 0. The standard InChI is InChI=1S/C10H18O4.C2H7N/c1-8(10(13)14)6-4-2-3-5-7-9(11)12;1-3-2/h8H,2-7H2,1H3,(H,11,12)(H,13,14);3H,1-2H3. The fraction of sp³-hybridized carbons (Fsp3) is 0.833. The maximum atomic E-state index is 10.4. The number of hydrogen-bond donors (Lipinski definition) is 3. The van der Waals surface area contributed by atoms with E-state index in [-0.39, 0.29) is 12.3 Å². The Morgan fingerprint density at radius 3 is 1.94 bits per heavy atom. The van der Waals surface area contributed by atoms with Crippen molar-refractivity contribution in [3.8, 4) is 0 Å². The van der Waals surface area contributed by atoms with Crippen LogP contribution in [0, 0.1) is 5.92 Å². The van der Waals surface area contributed by atoms with Crippen LogP contribution in [0.5, 0.6) is 0 Å². The van der Waals surface area contributed by atoms with Crippen LogP contribution in [0.25, 0.3) is 0 Å². The molecular formula is C12H25NO4. The second-order valence-corrected chi connectivity index (χ2v) is 4.09. The van der Waals surface area contributed by atoms with Crippen molar-refractivity contribution in [3.05, 3.63) is 0 Å². The van der Waals surface area contributed by atoms with Gasteiger partial charge in [0.15, 0.2) is 0 Å². The van der Waals surface area contributed by atoms with Crippen LogP contribution in [0.4, 0.5) is 0 Å². The molecule has 5 nitrogen and oxygen atoms in total. The molecule has 0 amide bonds. The van der Waals surface area contributed by atoms with Crippen LogP contribution in [-0.2, 0) is 9.59 Å². The molecule has 0 saturated heterocycles. The molecule has 0 radical (unpaired) electrons. The maximum Gasteiger partial charge on any atom is 0.306 e. The fourth-order valence-electron chi connectivity index (χ4n) is 1.20. The zero-order valence-corrected chi connectivity index (χ0v) is 11.0. The summed E-state index contributed by atoms with van der Waals surface area (Å²) < 4.78 is 0. The van der Waals surface area contributed by atoms with Gasteiger partial charge in [-0.05, 0) is 26.9 Å². The summed E-state index contributed by atoms with van der Waals surface area (Å²) in [7, 11) is 3.75. The van der Waals surface area contributed by atoms with E-state index in [1.165, 1.54) is 0 Å². The summed E-state index contributed by atoms with van der Waals surface area (Å²) in [6.07, 6.45) is 4.25. The summed E-state index contributed by atoms with van der Waals surface area (Å²) in [6.45, 7) is 1.69. The van der Waals surface area contributed by atoms with E-state index in [2.05, 4.69) is 5.32 Å². The number of carboxylic acids is 2. The summed E-state index contributed by atoms with van der Waals surface area (Å²) in [5.74, 6) is -1.80. The van der Waals surface area contributed by atoms with Gasteiger partial charge >= 0.3 is 11.9 Å². The molecule has 0 aromatic heterocycles. The highest BCUT2D eigenvalue weighted by Gasteiger charge is 2.09. The third-order valence-corrected chi connectivity index (χ3v) is 2.20. The van der Waals surface area contributed by atoms with E-state index in [1.807, 2.05) is 14.1 Å². The van der Waals surface area contributed by atoms with Gasteiger partial charge in [0.1, 0.15) is 0 Å². The molecule has 0 aromatic carbocycles. The van der Waals surface area contributed by atoms with Gasteiger partial charge in [-0.3, -0.25) is 9.59 Å². The average Bonchev–Trinajstić information content (AvgIpc) is 2.23. The van der Waals surface area contributed by atoms with Gasteiger partial charge in [-0.25, -0.2) is 0 Å². The van der Waals surface area contributed by atoms with Crippen molar-refractivity contribution in [2.45, 2.75) is 45.4 Å². The zero-order chi connectivity index (χ0) is 13.7. The fourth-order valence-corrected chi connectivity index (χ4v) is 1.20. The molecular weight excluding hydrogens is 222 g/mol. The second kappa shape index (κ2) is 13.0. The quantitative estimate of drug-likeness (QED) is 0.571. The van der Waals surface area contributed by atoms with Crippen molar-refractivity contribution in [2.24, 2.45) is 5.92 Å².